The summed E-state index contributed by atoms with van der Waals surface area (Å²) < 4.78 is 46.5. The molecule has 1 N–H and O–H groups in total. The smallest absolute Gasteiger partial charge is 0.433 e. The van der Waals surface area contributed by atoms with Crippen LogP contribution in [-0.2, 0) is 6.18 Å². The summed E-state index contributed by atoms with van der Waals surface area (Å²) in [5, 5.41) is 17.1. The van der Waals surface area contributed by atoms with E-state index in [1.54, 1.807) is 31.2 Å². The van der Waals surface area contributed by atoms with Gasteiger partial charge in [-0.25, -0.2) is 9.50 Å². The van der Waals surface area contributed by atoms with Gasteiger partial charge in [0.1, 0.15) is 22.2 Å². The van der Waals surface area contributed by atoms with E-state index in [9.17, 15) is 28.1 Å². The zero-order valence-corrected chi connectivity index (χ0v) is 18.8. The van der Waals surface area contributed by atoms with Gasteiger partial charge in [-0.1, -0.05) is 29.8 Å². The number of hydrogen-bond donors (Lipinski definition) is 1. The number of benzene rings is 2. The molecule has 0 radical (unpaired) electrons. The van der Waals surface area contributed by atoms with E-state index in [2.05, 4.69) is 15.4 Å². The van der Waals surface area contributed by atoms with Crippen LogP contribution in [0.25, 0.3) is 5.65 Å². The maximum absolute atomic E-state index is 13.4. The summed E-state index contributed by atoms with van der Waals surface area (Å²) in [4.78, 5) is 27.5. The first-order valence-corrected chi connectivity index (χ1v) is 10.3. The molecule has 0 aliphatic carbocycles. The number of amides is 1. The molecule has 180 valence electrons. The predicted molar refractivity (Wildman–Crippen MR) is 120 cm³/mol. The van der Waals surface area contributed by atoms with Crippen molar-refractivity contribution in [2.24, 2.45) is 0 Å². The number of non-ortho nitro benzene ring substituents is 1. The van der Waals surface area contributed by atoms with Gasteiger partial charge in [-0.05, 0) is 31.5 Å². The van der Waals surface area contributed by atoms with Gasteiger partial charge in [0.25, 0.3) is 11.6 Å². The maximum Gasteiger partial charge on any atom is 0.433 e. The Labute approximate surface area is 200 Å². The topological polar surface area (TPSA) is 112 Å². The lowest BCUT2D eigenvalue weighted by Gasteiger charge is -2.10. The van der Waals surface area contributed by atoms with E-state index < -0.39 is 33.4 Å². The third-order valence-electron chi connectivity index (χ3n) is 4.85. The molecule has 0 aliphatic heterocycles. The number of nitro groups is 1. The number of aromatic nitrogens is 3. The molecule has 13 heteroatoms. The standard InChI is InChI=1S/C22H15ClF3N5O4/c1-11-5-3-4-6-16(11)35-15-9-13(8-14(10-15)31(33)34)28-21(32)19-18(23)20-27-12(2)7-17(22(24,25)26)30(20)29-19/h3-10H,1-2H3,(H,28,32). The van der Waals surface area contributed by atoms with E-state index in [0.29, 0.717) is 10.3 Å². The summed E-state index contributed by atoms with van der Waals surface area (Å²) in [6, 6.07) is 11.3. The van der Waals surface area contributed by atoms with Crippen molar-refractivity contribution >= 4 is 34.5 Å². The van der Waals surface area contributed by atoms with E-state index in [1.807, 2.05) is 0 Å². The molecular formula is C22H15ClF3N5O4. The number of aryl methyl sites for hydroxylation is 2. The number of carbonyl (C=O) groups is 1. The van der Waals surface area contributed by atoms with Gasteiger partial charge in [-0.15, -0.1) is 0 Å². The minimum absolute atomic E-state index is 0.0234. The Bertz CT molecular complexity index is 1490. The molecule has 1 amide bonds. The number of alkyl halides is 3. The van der Waals surface area contributed by atoms with Gasteiger partial charge in [0.05, 0.1) is 16.7 Å². The number of para-hydroxylation sites is 1. The summed E-state index contributed by atoms with van der Waals surface area (Å²) in [7, 11) is 0. The molecule has 2 heterocycles. The van der Waals surface area contributed by atoms with E-state index in [4.69, 9.17) is 16.3 Å². The predicted octanol–water partition coefficient (Wildman–Crippen LogP) is 5.97. The van der Waals surface area contributed by atoms with Crippen molar-refractivity contribution in [3.8, 4) is 11.5 Å². The molecule has 0 bridgehead atoms. The average molecular weight is 506 g/mol. The van der Waals surface area contributed by atoms with Crippen LogP contribution in [0.3, 0.4) is 0 Å². The van der Waals surface area contributed by atoms with Crippen molar-refractivity contribution in [1.29, 1.82) is 0 Å². The molecule has 0 atom stereocenters. The first kappa shape index (κ1) is 24.0. The quantitative estimate of drug-likeness (QED) is 0.264. The number of fused-ring (bicyclic) bond motifs is 1. The minimum Gasteiger partial charge on any atom is -0.457 e. The van der Waals surface area contributed by atoms with E-state index in [-0.39, 0.29) is 28.5 Å². The molecule has 0 saturated heterocycles. The van der Waals surface area contributed by atoms with Crippen molar-refractivity contribution in [1.82, 2.24) is 14.6 Å². The lowest BCUT2D eigenvalue weighted by atomic mass is 10.2. The van der Waals surface area contributed by atoms with Crippen molar-refractivity contribution < 1.29 is 27.6 Å². The fraction of sp³-hybridized carbons (Fsp3) is 0.136. The molecule has 2 aromatic heterocycles. The van der Waals surface area contributed by atoms with Crippen LogP contribution in [0.5, 0.6) is 11.5 Å². The Hall–Kier alpha value is -4.19. The highest BCUT2D eigenvalue weighted by atomic mass is 35.5. The highest BCUT2D eigenvalue weighted by molar-refractivity contribution is 6.37. The average Bonchev–Trinajstić information content (AvgIpc) is 3.10. The largest absolute Gasteiger partial charge is 0.457 e. The Morgan fingerprint density at radius 2 is 1.89 bits per heavy atom. The van der Waals surface area contributed by atoms with E-state index in [1.165, 1.54) is 19.1 Å². The summed E-state index contributed by atoms with van der Waals surface area (Å²) in [6.07, 6.45) is -4.78. The Kier molecular flexibility index (Phi) is 6.07. The number of halogens is 4. The van der Waals surface area contributed by atoms with E-state index in [0.717, 1.165) is 17.7 Å². The third-order valence-corrected chi connectivity index (χ3v) is 5.20. The fourth-order valence-electron chi connectivity index (χ4n) is 3.27. The highest BCUT2D eigenvalue weighted by Gasteiger charge is 2.36. The highest BCUT2D eigenvalue weighted by Crippen LogP contribution is 2.34. The van der Waals surface area contributed by atoms with Crippen LogP contribution < -0.4 is 10.1 Å². The van der Waals surface area contributed by atoms with Gasteiger partial charge >= 0.3 is 6.18 Å². The molecule has 0 unspecified atom stereocenters. The monoisotopic (exact) mass is 505 g/mol. The lowest BCUT2D eigenvalue weighted by Crippen LogP contribution is -2.16. The molecule has 4 rings (SSSR count). The Morgan fingerprint density at radius 1 is 1.17 bits per heavy atom. The number of carbonyl (C=O) groups excluding carboxylic acids is 1. The molecule has 0 spiro atoms. The third kappa shape index (κ3) is 4.87. The number of rotatable bonds is 5. The van der Waals surface area contributed by atoms with Crippen molar-refractivity contribution in [2.75, 3.05) is 5.32 Å². The molecule has 2 aromatic carbocycles. The summed E-state index contributed by atoms with van der Waals surface area (Å²) in [5.74, 6) is -0.495. The number of nitrogens with zero attached hydrogens (tertiary/aromatic N) is 4. The number of nitrogens with one attached hydrogen (secondary N) is 1. The fourth-order valence-corrected chi connectivity index (χ4v) is 3.51. The zero-order valence-electron chi connectivity index (χ0n) is 18.1. The second-order valence-corrected chi connectivity index (χ2v) is 7.85. The Morgan fingerprint density at radius 3 is 2.54 bits per heavy atom. The van der Waals surface area contributed by atoms with Gasteiger partial charge in [0.15, 0.2) is 11.3 Å². The number of nitro benzene ring substituents is 1. The molecule has 0 aliphatic rings. The SMILES string of the molecule is Cc1cc(C(F)(F)F)n2nc(C(=O)Nc3cc(Oc4ccccc4C)cc([N+](=O)[O-])c3)c(Cl)c2n1. The van der Waals surface area contributed by atoms with Gasteiger partial charge in [-0.2, -0.15) is 18.3 Å². The summed E-state index contributed by atoms with van der Waals surface area (Å²) in [5.41, 5.74) is -1.70. The van der Waals surface area contributed by atoms with Gasteiger partial charge < -0.3 is 10.1 Å². The van der Waals surface area contributed by atoms with Crippen LogP contribution in [0.15, 0.2) is 48.5 Å². The second-order valence-electron chi connectivity index (χ2n) is 7.47. The van der Waals surface area contributed by atoms with Crippen LogP contribution >= 0.6 is 11.6 Å². The van der Waals surface area contributed by atoms with Crippen LogP contribution in [-0.4, -0.2) is 25.4 Å². The second kappa shape index (κ2) is 8.87. The van der Waals surface area contributed by atoms with Gasteiger partial charge in [0.2, 0.25) is 0 Å². The number of hydrogen-bond acceptors (Lipinski definition) is 6. The minimum atomic E-state index is -4.78. The normalized spacial score (nSPS) is 11.5. The first-order valence-electron chi connectivity index (χ1n) is 9.91. The number of ether oxygens (including phenoxy) is 1. The zero-order chi connectivity index (χ0) is 25.5. The molecule has 0 saturated carbocycles. The molecule has 35 heavy (non-hydrogen) atoms. The van der Waals surface area contributed by atoms with Crippen LogP contribution in [0.1, 0.15) is 27.4 Å². The van der Waals surface area contributed by atoms with Crippen LogP contribution in [0.2, 0.25) is 5.02 Å². The summed E-state index contributed by atoms with van der Waals surface area (Å²) in [6.45, 7) is 3.13. The molecule has 0 fully saturated rings. The van der Waals surface area contributed by atoms with Crippen molar-refractivity contribution in [2.45, 2.75) is 20.0 Å². The molecule has 4 aromatic rings. The maximum atomic E-state index is 13.4. The summed E-state index contributed by atoms with van der Waals surface area (Å²) >= 11 is 6.14. The first-order chi connectivity index (χ1) is 16.4. The Balaban J connectivity index is 1.72. The van der Waals surface area contributed by atoms with Crippen molar-refractivity contribution in [3.05, 3.63) is 86.3 Å². The van der Waals surface area contributed by atoms with Gasteiger partial charge in [0, 0.05) is 17.8 Å². The van der Waals surface area contributed by atoms with Gasteiger partial charge in [-0.3, -0.25) is 14.9 Å². The van der Waals surface area contributed by atoms with Crippen molar-refractivity contribution in [3.63, 3.8) is 0 Å². The van der Waals surface area contributed by atoms with Crippen LogP contribution in [0, 0.1) is 24.0 Å². The molecule has 9 nitrogen and oxygen atoms in total. The van der Waals surface area contributed by atoms with E-state index >= 15 is 0 Å². The number of anilines is 1. The lowest BCUT2D eigenvalue weighted by molar-refractivity contribution is -0.384. The molecular weight excluding hydrogens is 491 g/mol. The van der Waals surface area contributed by atoms with Crippen LogP contribution in [0.4, 0.5) is 24.5 Å².